The Hall–Kier alpha value is -4.81. The van der Waals surface area contributed by atoms with E-state index in [-0.39, 0.29) is 29.7 Å². The molecule has 3 amide bonds. The molecule has 1 atom stereocenters. The molecular weight excluding hydrogens is 679 g/mol. The quantitative estimate of drug-likeness (QED) is 0.209. The van der Waals surface area contributed by atoms with Gasteiger partial charge in [-0.2, -0.15) is 4.98 Å². The number of benzene rings is 2. The second kappa shape index (κ2) is 15.9. The predicted molar refractivity (Wildman–Crippen MR) is 211 cm³/mol. The van der Waals surface area contributed by atoms with Crippen molar-refractivity contribution in [2.75, 3.05) is 70.1 Å². The summed E-state index contributed by atoms with van der Waals surface area (Å²) >= 11 is 0. The fraction of sp³-hybridized carbons (Fsp3) is 0.500. The Bertz CT molecular complexity index is 1950. The van der Waals surface area contributed by atoms with E-state index in [9.17, 15) is 14.4 Å². The van der Waals surface area contributed by atoms with Crippen molar-refractivity contribution >= 4 is 46.1 Å². The number of imide groups is 1. The third-order valence-electron chi connectivity index (χ3n) is 12.1. The minimum atomic E-state index is -0.231. The summed E-state index contributed by atoms with van der Waals surface area (Å²) in [5.41, 5.74) is 5.98. The van der Waals surface area contributed by atoms with E-state index >= 15 is 0 Å². The second-order valence-corrected chi connectivity index (χ2v) is 15.8. The summed E-state index contributed by atoms with van der Waals surface area (Å²) in [7, 11) is 3.59. The van der Waals surface area contributed by atoms with Crippen molar-refractivity contribution in [3.8, 4) is 0 Å². The number of hydrogen-bond acceptors (Lipinski definition) is 9. The van der Waals surface area contributed by atoms with Crippen LogP contribution in [0.25, 0.3) is 11.0 Å². The van der Waals surface area contributed by atoms with E-state index in [1.165, 1.54) is 36.9 Å². The lowest BCUT2D eigenvalue weighted by atomic mass is 9.90. The molecule has 4 fully saturated rings. The summed E-state index contributed by atoms with van der Waals surface area (Å²) in [5, 5.41) is 6.77. The molecule has 1 unspecified atom stereocenters. The molecule has 12 nitrogen and oxygen atoms in total. The zero-order valence-corrected chi connectivity index (χ0v) is 31.7. The van der Waals surface area contributed by atoms with Crippen LogP contribution in [0, 0.1) is 0 Å². The van der Waals surface area contributed by atoms with Crippen LogP contribution in [0.2, 0.25) is 0 Å². The number of nitrogens with one attached hydrogen (secondary N) is 2. The summed E-state index contributed by atoms with van der Waals surface area (Å²) in [6.45, 7) is 7.58. The highest BCUT2D eigenvalue weighted by molar-refractivity contribution is 6.01. The molecule has 3 aliphatic heterocycles. The Morgan fingerprint density at radius 3 is 2.28 bits per heavy atom. The number of hydrogen-bond donors (Lipinski definition) is 2. The number of piperazine rings is 1. The standard InChI is InChI=1S/C42H53N9O3/c1-47(2)41(54)37-27-31-28-43-42(46-39(31)51(37)35-5-3-4-6-35)44-32-11-7-29(8-12-32)17-20-48-23-25-50(26-24-48)34-18-21-49(22-19-34)33-13-9-30(10-14-33)36-15-16-38(52)45-40(36)53/h7-14,27-28,34-36H,3-6,15-26H2,1-2H3,(H,43,44,46)(H,45,52,53). The molecule has 1 saturated carbocycles. The van der Waals surface area contributed by atoms with Gasteiger partial charge in [0, 0.05) is 101 Å². The molecule has 3 saturated heterocycles. The Morgan fingerprint density at radius 1 is 0.870 bits per heavy atom. The van der Waals surface area contributed by atoms with Gasteiger partial charge in [-0.1, -0.05) is 37.1 Å². The van der Waals surface area contributed by atoms with Crippen LogP contribution in [-0.2, 0) is 16.0 Å². The van der Waals surface area contributed by atoms with E-state index in [0.29, 0.717) is 30.5 Å². The van der Waals surface area contributed by atoms with Gasteiger partial charge in [0.25, 0.3) is 5.91 Å². The number of amides is 3. The summed E-state index contributed by atoms with van der Waals surface area (Å²) in [5.74, 6) is -0.0374. The van der Waals surface area contributed by atoms with Gasteiger partial charge in [-0.15, -0.1) is 0 Å². The molecule has 0 bridgehead atoms. The van der Waals surface area contributed by atoms with E-state index in [1.807, 2.05) is 12.3 Å². The van der Waals surface area contributed by atoms with Crippen LogP contribution in [-0.4, -0.2) is 113 Å². The molecule has 2 aromatic carbocycles. The van der Waals surface area contributed by atoms with Crippen molar-refractivity contribution in [2.45, 2.75) is 75.8 Å². The average Bonchev–Trinajstić information content (AvgIpc) is 3.86. The molecule has 54 heavy (non-hydrogen) atoms. The number of carbonyl (C=O) groups is 3. The average molecular weight is 732 g/mol. The monoisotopic (exact) mass is 731 g/mol. The molecule has 1 aliphatic carbocycles. The van der Waals surface area contributed by atoms with Gasteiger partial charge in [0.1, 0.15) is 11.3 Å². The Morgan fingerprint density at radius 2 is 1.59 bits per heavy atom. The van der Waals surface area contributed by atoms with E-state index in [1.54, 1.807) is 19.0 Å². The third kappa shape index (κ3) is 7.86. The molecular formula is C42H53N9O3. The van der Waals surface area contributed by atoms with E-state index in [4.69, 9.17) is 4.98 Å². The SMILES string of the molecule is CN(C)C(=O)c1cc2cnc(Nc3ccc(CCN4CCN(C5CCN(c6ccc(C7CCC(=O)NC7=O)cc6)CC5)CC4)cc3)nc2n1C1CCCC1. The van der Waals surface area contributed by atoms with Crippen LogP contribution in [0.3, 0.4) is 0 Å². The molecule has 4 aromatic rings. The molecule has 0 radical (unpaired) electrons. The van der Waals surface area contributed by atoms with Crippen LogP contribution in [0.15, 0.2) is 60.8 Å². The van der Waals surface area contributed by atoms with Crippen molar-refractivity contribution in [3.05, 3.63) is 77.6 Å². The Balaban J connectivity index is 0.789. The van der Waals surface area contributed by atoms with Crippen LogP contribution in [0.1, 0.15) is 84.9 Å². The highest BCUT2D eigenvalue weighted by Crippen LogP contribution is 2.35. The molecule has 8 rings (SSSR count). The number of aromatic nitrogens is 3. The van der Waals surface area contributed by atoms with E-state index in [2.05, 4.69) is 83.4 Å². The first-order valence-electron chi connectivity index (χ1n) is 19.9. The summed E-state index contributed by atoms with van der Waals surface area (Å²) in [6.07, 6.45) is 10.6. The minimum absolute atomic E-state index is 0.00150. The van der Waals surface area contributed by atoms with Gasteiger partial charge in [-0.05, 0) is 80.0 Å². The fourth-order valence-corrected chi connectivity index (χ4v) is 8.94. The smallest absolute Gasteiger partial charge is 0.270 e. The summed E-state index contributed by atoms with van der Waals surface area (Å²) in [6, 6.07) is 19.9. The van der Waals surface area contributed by atoms with Crippen LogP contribution in [0.4, 0.5) is 17.3 Å². The first kappa shape index (κ1) is 36.2. The zero-order chi connectivity index (χ0) is 37.2. The van der Waals surface area contributed by atoms with Crippen molar-refractivity contribution in [1.29, 1.82) is 0 Å². The van der Waals surface area contributed by atoms with Crippen molar-refractivity contribution < 1.29 is 14.4 Å². The summed E-state index contributed by atoms with van der Waals surface area (Å²) < 4.78 is 2.15. The van der Waals surface area contributed by atoms with E-state index < -0.39 is 0 Å². The largest absolute Gasteiger partial charge is 0.371 e. The highest BCUT2D eigenvalue weighted by Gasteiger charge is 2.30. The van der Waals surface area contributed by atoms with Gasteiger partial charge in [-0.3, -0.25) is 24.6 Å². The zero-order valence-electron chi connectivity index (χ0n) is 31.7. The number of nitrogens with zero attached hydrogens (tertiary/aromatic N) is 7. The lowest BCUT2D eigenvalue weighted by Gasteiger charge is -2.43. The third-order valence-corrected chi connectivity index (χ3v) is 12.1. The highest BCUT2D eigenvalue weighted by atomic mass is 16.2. The molecule has 2 aromatic heterocycles. The summed E-state index contributed by atoms with van der Waals surface area (Å²) in [4.78, 5) is 55.8. The number of piperidine rings is 2. The maximum absolute atomic E-state index is 13.1. The molecule has 12 heteroatoms. The van der Waals surface area contributed by atoms with Crippen LogP contribution >= 0.6 is 0 Å². The second-order valence-electron chi connectivity index (χ2n) is 15.8. The lowest BCUT2D eigenvalue weighted by molar-refractivity contribution is -0.134. The maximum atomic E-state index is 13.1. The number of carbonyl (C=O) groups excluding carboxylic acids is 3. The van der Waals surface area contributed by atoms with Gasteiger partial charge >= 0.3 is 0 Å². The normalized spacial score (nSPS) is 20.8. The predicted octanol–water partition coefficient (Wildman–Crippen LogP) is 5.34. The maximum Gasteiger partial charge on any atom is 0.270 e. The lowest BCUT2D eigenvalue weighted by Crippen LogP contribution is -2.53. The first-order valence-corrected chi connectivity index (χ1v) is 19.9. The van der Waals surface area contributed by atoms with Gasteiger partial charge in [0.2, 0.25) is 17.8 Å². The van der Waals surface area contributed by atoms with E-state index in [0.717, 1.165) is 87.4 Å². The molecule has 0 spiro atoms. The van der Waals surface area contributed by atoms with Crippen molar-refractivity contribution in [2.24, 2.45) is 0 Å². The van der Waals surface area contributed by atoms with Gasteiger partial charge in [0.05, 0.1) is 5.92 Å². The van der Waals surface area contributed by atoms with Crippen molar-refractivity contribution in [3.63, 3.8) is 0 Å². The Labute approximate surface area is 317 Å². The van der Waals surface area contributed by atoms with Gasteiger partial charge in [-0.25, -0.2) is 4.98 Å². The number of rotatable bonds is 10. The molecule has 5 heterocycles. The fourth-order valence-electron chi connectivity index (χ4n) is 8.94. The van der Waals surface area contributed by atoms with Gasteiger partial charge in [0.15, 0.2) is 0 Å². The number of fused-ring (bicyclic) bond motifs is 1. The first-order chi connectivity index (χ1) is 26.3. The van der Waals surface area contributed by atoms with Gasteiger partial charge < -0.3 is 24.6 Å². The minimum Gasteiger partial charge on any atom is -0.371 e. The van der Waals surface area contributed by atoms with Crippen LogP contribution in [0.5, 0.6) is 0 Å². The molecule has 2 N–H and O–H groups in total. The van der Waals surface area contributed by atoms with Crippen molar-refractivity contribution in [1.82, 2.24) is 34.6 Å². The molecule has 4 aliphatic rings. The topological polar surface area (TPSA) is 119 Å². The Kier molecular flexibility index (Phi) is 10.6. The molecule has 284 valence electrons. The van der Waals surface area contributed by atoms with Crippen LogP contribution < -0.4 is 15.5 Å². The number of anilines is 3.